The van der Waals surface area contributed by atoms with Crippen molar-refractivity contribution in [1.82, 2.24) is 5.32 Å². The Morgan fingerprint density at radius 3 is 2.86 bits per heavy atom. The summed E-state index contributed by atoms with van der Waals surface area (Å²) in [5.41, 5.74) is 5.69. The molecule has 5 heteroatoms. The number of amides is 1. The standard InChI is InChI=1S/C9H15N3OS/c1-3-4-5(2)6-7(10)11-9(14)12-8(6)13/h5-6H,3-4H2,1-2H3,(H3,10,11,12,13,14). The van der Waals surface area contributed by atoms with Crippen molar-refractivity contribution in [1.29, 1.82) is 0 Å². The minimum absolute atomic E-state index is 0.122. The quantitative estimate of drug-likeness (QED) is 0.682. The van der Waals surface area contributed by atoms with E-state index in [2.05, 4.69) is 17.2 Å². The number of carbonyl (C=O) groups excluding carboxylic acids is 1. The summed E-state index contributed by atoms with van der Waals surface area (Å²) in [6, 6.07) is 0. The highest BCUT2D eigenvalue weighted by molar-refractivity contribution is 7.80. The molecule has 0 spiro atoms. The Kier molecular flexibility index (Phi) is 3.57. The van der Waals surface area contributed by atoms with Gasteiger partial charge in [-0.1, -0.05) is 20.3 Å². The first kappa shape index (κ1) is 11.1. The van der Waals surface area contributed by atoms with E-state index >= 15 is 0 Å². The van der Waals surface area contributed by atoms with Gasteiger partial charge in [0.25, 0.3) is 0 Å². The van der Waals surface area contributed by atoms with E-state index in [9.17, 15) is 4.79 Å². The van der Waals surface area contributed by atoms with Crippen LogP contribution in [0, 0.1) is 11.8 Å². The Bertz CT molecular complexity index is 288. The van der Waals surface area contributed by atoms with E-state index in [0.717, 1.165) is 12.8 Å². The van der Waals surface area contributed by atoms with Crippen LogP contribution in [0.5, 0.6) is 0 Å². The number of thiocarbonyl (C=S) groups is 1. The molecule has 0 aliphatic carbocycles. The molecule has 1 aliphatic rings. The zero-order chi connectivity index (χ0) is 10.7. The number of amidine groups is 1. The Hall–Kier alpha value is -0.970. The van der Waals surface area contributed by atoms with Crippen molar-refractivity contribution in [3.63, 3.8) is 0 Å². The molecular formula is C9H15N3OS. The zero-order valence-electron chi connectivity index (χ0n) is 8.41. The molecule has 2 unspecified atom stereocenters. The summed E-state index contributed by atoms with van der Waals surface area (Å²) in [6.07, 6.45) is 1.99. The topological polar surface area (TPSA) is 67.5 Å². The predicted octanol–water partition coefficient (Wildman–Crippen LogP) is 0.811. The van der Waals surface area contributed by atoms with Gasteiger partial charge < -0.3 is 11.1 Å². The van der Waals surface area contributed by atoms with Crippen LogP contribution in [0.15, 0.2) is 4.99 Å². The Labute approximate surface area is 89.0 Å². The fourth-order valence-electron chi connectivity index (χ4n) is 1.70. The van der Waals surface area contributed by atoms with Crippen molar-refractivity contribution >= 4 is 29.1 Å². The number of carbonyl (C=O) groups is 1. The third-order valence-corrected chi connectivity index (χ3v) is 2.57. The van der Waals surface area contributed by atoms with Crippen LogP contribution in [-0.4, -0.2) is 16.9 Å². The first-order chi connectivity index (χ1) is 6.56. The molecule has 0 fully saturated rings. The number of rotatable bonds is 3. The smallest absolute Gasteiger partial charge is 0.237 e. The van der Waals surface area contributed by atoms with Gasteiger partial charge in [0.2, 0.25) is 11.0 Å². The molecule has 2 atom stereocenters. The number of nitrogens with one attached hydrogen (secondary N) is 1. The fraction of sp³-hybridized carbons (Fsp3) is 0.667. The van der Waals surface area contributed by atoms with Crippen LogP contribution in [0.3, 0.4) is 0 Å². The van der Waals surface area contributed by atoms with Crippen molar-refractivity contribution in [3.05, 3.63) is 0 Å². The molecule has 0 radical (unpaired) electrons. The van der Waals surface area contributed by atoms with Crippen LogP contribution in [0.1, 0.15) is 26.7 Å². The molecule has 0 saturated carbocycles. The van der Waals surface area contributed by atoms with Gasteiger partial charge in [-0.3, -0.25) is 4.79 Å². The summed E-state index contributed by atoms with van der Waals surface area (Å²) in [5, 5.41) is 2.70. The highest BCUT2D eigenvalue weighted by Gasteiger charge is 2.31. The average molecular weight is 213 g/mol. The second-order valence-electron chi connectivity index (χ2n) is 3.57. The van der Waals surface area contributed by atoms with E-state index < -0.39 is 0 Å². The van der Waals surface area contributed by atoms with Gasteiger partial charge in [-0.2, -0.15) is 0 Å². The predicted molar refractivity (Wildman–Crippen MR) is 59.9 cm³/mol. The number of hydrogen-bond acceptors (Lipinski definition) is 3. The van der Waals surface area contributed by atoms with Crippen molar-refractivity contribution in [2.75, 3.05) is 0 Å². The van der Waals surface area contributed by atoms with Crippen LogP contribution in [0.2, 0.25) is 0 Å². The molecule has 1 rings (SSSR count). The van der Waals surface area contributed by atoms with E-state index in [4.69, 9.17) is 18.0 Å². The monoisotopic (exact) mass is 213 g/mol. The van der Waals surface area contributed by atoms with E-state index in [1.54, 1.807) is 0 Å². The molecule has 0 bridgehead atoms. The van der Waals surface area contributed by atoms with Gasteiger partial charge in [0.15, 0.2) is 0 Å². The highest BCUT2D eigenvalue weighted by Crippen LogP contribution is 2.19. The van der Waals surface area contributed by atoms with E-state index in [-0.39, 0.29) is 22.9 Å². The van der Waals surface area contributed by atoms with Gasteiger partial charge in [0, 0.05) is 0 Å². The minimum Gasteiger partial charge on any atom is -0.386 e. The molecule has 1 heterocycles. The molecule has 3 N–H and O–H groups in total. The summed E-state index contributed by atoms with van der Waals surface area (Å²) in [5.74, 6) is 0.122. The number of nitrogens with zero attached hydrogens (tertiary/aromatic N) is 1. The molecular weight excluding hydrogens is 198 g/mol. The SMILES string of the molecule is CCCC(C)C1C(=O)NC(=S)N=C1N. The molecule has 0 aromatic carbocycles. The van der Waals surface area contributed by atoms with E-state index in [1.165, 1.54) is 0 Å². The Morgan fingerprint density at radius 1 is 1.71 bits per heavy atom. The third-order valence-electron chi connectivity index (χ3n) is 2.37. The van der Waals surface area contributed by atoms with Gasteiger partial charge in [-0.05, 0) is 24.6 Å². The number of nitrogens with two attached hydrogens (primary N) is 1. The molecule has 4 nitrogen and oxygen atoms in total. The van der Waals surface area contributed by atoms with Crippen molar-refractivity contribution in [2.24, 2.45) is 22.6 Å². The van der Waals surface area contributed by atoms with Gasteiger partial charge >= 0.3 is 0 Å². The van der Waals surface area contributed by atoms with Crippen LogP contribution in [0.4, 0.5) is 0 Å². The van der Waals surface area contributed by atoms with Gasteiger partial charge in [-0.25, -0.2) is 4.99 Å². The Balaban J connectivity index is 2.81. The maximum Gasteiger partial charge on any atom is 0.237 e. The molecule has 0 aromatic rings. The van der Waals surface area contributed by atoms with Gasteiger partial charge in [0.1, 0.15) is 5.84 Å². The molecule has 1 aliphatic heterocycles. The summed E-state index contributed by atoms with van der Waals surface area (Å²) in [4.78, 5) is 15.5. The number of aliphatic imine (C=N–C) groups is 1. The largest absolute Gasteiger partial charge is 0.386 e. The lowest BCUT2D eigenvalue weighted by Gasteiger charge is -2.25. The van der Waals surface area contributed by atoms with E-state index in [1.807, 2.05) is 6.92 Å². The normalized spacial score (nSPS) is 24.1. The first-order valence-electron chi connectivity index (χ1n) is 4.75. The fourth-order valence-corrected chi connectivity index (χ4v) is 1.91. The summed E-state index contributed by atoms with van der Waals surface area (Å²) >= 11 is 4.76. The van der Waals surface area contributed by atoms with Crippen LogP contribution >= 0.6 is 12.2 Å². The molecule has 78 valence electrons. The summed E-state index contributed by atoms with van der Waals surface area (Å²) in [6.45, 7) is 4.08. The lowest BCUT2D eigenvalue weighted by molar-refractivity contribution is -0.123. The van der Waals surface area contributed by atoms with Crippen LogP contribution in [0.25, 0.3) is 0 Å². The second kappa shape index (κ2) is 4.50. The van der Waals surface area contributed by atoms with Crippen LogP contribution < -0.4 is 11.1 Å². The number of hydrogen-bond donors (Lipinski definition) is 2. The van der Waals surface area contributed by atoms with Crippen molar-refractivity contribution in [2.45, 2.75) is 26.7 Å². The second-order valence-corrected chi connectivity index (χ2v) is 3.96. The van der Waals surface area contributed by atoms with Crippen molar-refractivity contribution in [3.8, 4) is 0 Å². The summed E-state index contributed by atoms with van der Waals surface area (Å²) in [7, 11) is 0. The first-order valence-corrected chi connectivity index (χ1v) is 5.16. The Morgan fingerprint density at radius 2 is 2.36 bits per heavy atom. The molecule has 0 aromatic heterocycles. The molecule has 1 amide bonds. The van der Waals surface area contributed by atoms with Gasteiger partial charge in [-0.15, -0.1) is 0 Å². The highest BCUT2D eigenvalue weighted by atomic mass is 32.1. The summed E-state index contributed by atoms with van der Waals surface area (Å²) < 4.78 is 0. The van der Waals surface area contributed by atoms with Gasteiger partial charge in [0.05, 0.1) is 5.92 Å². The molecule has 14 heavy (non-hydrogen) atoms. The van der Waals surface area contributed by atoms with Crippen LogP contribution in [-0.2, 0) is 4.79 Å². The minimum atomic E-state index is -0.318. The third kappa shape index (κ3) is 2.29. The van der Waals surface area contributed by atoms with Crippen molar-refractivity contribution < 1.29 is 4.79 Å². The molecule has 0 saturated heterocycles. The maximum atomic E-state index is 11.6. The zero-order valence-corrected chi connectivity index (χ0v) is 9.23. The lowest BCUT2D eigenvalue weighted by atomic mass is 9.88. The maximum absolute atomic E-state index is 11.6. The average Bonchev–Trinajstić information content (AvgIpc) is 2.01. The van der Waals surface area contributed by atoms with E-state index in [0.29, 0.717) is 5.84 Å². The lowest BCUT2D eigenvalue weighted by Crippen LogP contribution is -2.48.